The lowest BCUT2D eigenvalue weighted by Crippen LogP contribution is -2.62. The molecule has 5 heteroatoms. The van der Waals surface area contributed by atoms with E-state index in [0.29, 0.717) is 5.92 Å². The summed E-state index contributed by atoms with van der Waals surface area (Å²) in [6.45, 7) is 15.0. The predicted molar refractivity (Wildman–Crippen MR) is 134 cm³/mol. The molecule has 0 aromatic heterocycles. The van der Waals surface area contributed by atoms with E-state index >= 15 is 0 Å². The normalized spacial score (nSPS) is 60.9. The molecule has 5 nitrogen and oxygen atoms in total. The number of hydrogen-bond donors (Lipinski definition) is 4. The highest BCUT2D eigenvalue weighted by molar-refractivity contribution is 5.33. The van der Waals surface area contributed by atoms with Crippen molar-refractivity contribution in [3.05, 3.63) is 0 Å². The standard InChI is InChI=1S/C30H50O5/c1-24(2)20(33)8-11-30-16-29(30)13-12-26(5)23(28(7)10-9-21(35-28)25(3,4)34)18(32)15-27(26,6)19(29)14-17(31)22(24)30/h17-23,31-34H,8-16H2,1-7H3/t17-,18+,19+,20+,21+,22+,23+,26+,27-,28-,29-,30+/m0/s1. The van der Waals surface area contributed by atoms with Crippen molar-refractivity contribution in [2.45, 2.75) is 142 Å². The van der Waals surface area contributed by atoms with Crippen LogP contribution in [0.4, 0.5) is 0 Å². The lowest BCUT2D eigenvalue weighted by molar-refractivity contribution is -0.213. The van der Waals surface area contributed by atoms with Gasteiger partial charge in [0.25, 0.3) is 0 Å². The van der Waals surface area contributed by atoms with Crippen LogP contribution < -0.4 is 0 Å². The first-order chi connectivity index (χ1) is 16.0. The molecular formula is C30H50O5. The number of rotatable bonds is 2. The van der Waals surface area contributed by atoms with E-state index in [-0.39, 0.29) is 51.1 Å². The third-order valence-electron chi connectivity index (χ3n) is 13.8. The molecule has 0 aromatic carbocycles. The van der Waals surface area contributed by atoms with Crippen LogP contribution in [0.2, 0.25) is 0 Å². The average Bonchev–Trinajstić information content (AvgIpc) is 3.08. The number of fused-ring (bicyclic) bond motifs is 2. The van der Waals surface area contributed by atoms with Crippen LogP contribution in [0, 0.1) is 44.8 Å². The first-order valence-electron chi connectivity index (χ1n) is 14.4. The highest BCUT2D eigenvalue weighted by Crippen LogP contribution is 2.89. The van der Waals surface area contributed by atoms with Crippen LogP contribution in [-0.4, -0.2) is 56.0 Å². The summed E-state index contributed by atoms with van der Waals surface area (Å²) >= 11 is 0. The Morgan fingerprint density at radius 3 is 2.09 bits per heavy atom. The number of hydrogen-bond acceptors (Lipinski definition) is 5. The summed E-state index contributed by atoms with van der Waals surface area (Å²) in [5.74, 6) is 0.577. The van der Waals surface area contributed by atoms with Gasteiger partial charge in [-0.2, -0.15) is 0 Å². The molecular weight excluding hydrogens is 440 g/mol. The first kappa shape index (κ1) is 25.1. The average molecular weight is 491 g/mol. The predicted octanol–water partition coefficient (Wildman–Crippen LogP) is 4.44. The van der Waals surface area contributed by atoms with E-state index < -0.39 is 23.4 Å². The van der Waals surface area contributed by atoms with Gasteiger partial charge in [0, 0.05) is 5.92 Å². The largest absolute Gasteiger partial charge is 0.393 e. The minimum Gasteiger partial charge on any atom is -0.393 e. The fraction of sp³-hybridized carbons (Fsp3) is 1.00. The maximum atomic E-state index is 11.7. The second-order valence-corrected chi connectivity index (χ2v) is 15.9. The zero-order valence-electron chi connectivity index (χ0n) is 23.1. The molecule has 1 heterocycles. The molecule has 5 saturated carbocycles. The molecule has 1 aliphatic heterocycles. The lowest BCUT2D eigenvalue weighted by Gasteiger charge is -2.64. The van der Waals surface area contributed by atoms with Gasteiger partial charge in [0.05, 0.1) is 35.6 Å². The second kappa shape index (κ2) is 6.86. The summed E-state index contributed by atoms with van der Waals surface area (Å²) in [6.07, 6.45) is 7.18. The van der Waals surface area contributed by atoms with E-state index in [2.05, 4.69) is 34.6 Å². The van der Waals surface area contributed by atoms with Crippen LogP contribution in [0.25, 0.3) is 0 Å². The molecule has 4 N–H and O–H groups in total. The Hall–Kier alpha value is -0.200. The fourth-order valence-electron chi connectivity index (χ4n) is 12.1. The molecule has 35 heavy (non-hydrogen) atoms. The van der Waals surface area contributed by atoms with Crippen molar-refractivity contribution >= 4 is 0 Å². The summed E-state index contributed by atoms with van der Waals surface area (Å²) in [7, 11) is 0. The monoisotopic (exact) mass is 490 g/mol. The number of aliphatic hydroxyl groups excluding tert-OH is 3. The lowest BCUT2D eigenvalue weighted by atomic mass is 9.41. The number of ether oxygens (including phenoxy) is 1. The summed E-state index contributed by atoms with van der Waals surface area (Å²) in [6, 6.07) is 0. The molecule has 0 amide bonds. The van der Waals surface area contributed by atoms with E-state index in [1.807, 2.05) is 13.8 Å². The van der Waals surface area contributed by atoms with E-state index in [1.54, 1.807) is 0 Å². The summed E-state index contributed by atoms with van der Waals surface area (Å²) in [4.78, 5) is 0. The van der Waals surface area contributed by atoms with Gasteiger partial charge in [0.1, 0.15) is 0 Å². The van der Waals surface area contributed by atoms with Gasteiger partial charge >= 0.3 is 0 Å². The molecule has 0 unspecified atom stereocenters. The zero-order valence-corrected chi connectivity index (χ0v) is 23.1. The Morgan fingerprint density at radius 1 is 0.771 bits per heavy atom. The zero-order chi connectivity index (χ0) is 25.6. The minimum atomic E-state index is -0.886. The van der Waals surface area contributed by atoms with Gasteiger partial charge in [-0.3, -0.25) is 0 Å². The highest BCUT2D eigenvalue weighted by atomic mass is 16.5. The van der Waals surface area contributed by atoms with E-state index in [0.717, 1.165) is 51.4 Å². The molecule has 12 atom stereocenters. The van der Waals surface area contributed by atoms with Gasteiger partial charge in [-0.25, -0.2) is 0 Å². The van der Waals surface area contributed by atoms with Crippen molar-refractivity contribution in [3.8, 4) is 0 Å². The van der Waals surface area contributed by atoms with Crippen LogP contribution in [0.5, 0.6) is 0 Å². The molecule has 0 radical (unpaired) electrons. The Kier molecular flexibility index (Phi) is 4.92. The summed E-state index contributed by atoms with van der Waals surface area (Å²) in [5, 5.41) is 45.0. The van der Waals surface area contributed by atoms with Crippen molar-refractivity contribution in [1.82, 2.24) is 0 Å². The fourth-order valence-corrected chi connectivity index (χ4v) is 12.1. The maximum absolute atomic E-state index is 11.7. The van der Waals surface area contributed by atoms with Crippen LogP contribution in [0.3, 0.4) is 0 Å². The quantitative estimate of drug-likeness (QED) is 0.460. The SMILES string of the molecule is CC(C)(O)[C@H]1CC[C@@](C)([C@@H]2[C@H](O)C[C@@]3(C)[C@H]4C[C@H](O)[C@@H]5C(C)(C)[C@H](O)CC[C@@]56C[C@@]46CC[C@]23C)O1. The van der Waals surface area contributed by atoms with Crippen LogP contribution >= 0.6 is 0 Å². The Bertz CT molecular complexity index is 911. The summed E-state index contributed by atoms with van der Waals surface area (Å²) in [5.41, 5.74) is -1.35. The Morgan fingerprint density at radius 2 is 1.46 bits per heavy atom. The first-order valence-corrected chi connectivity index (χ1v) is 14.4. The molecule has 6 aliphatic rings. The molecule has 1 saturated heterocycles. The third kappa shape index (κ3) is 2.78. The van der Waals surface area contributed by atoms with Gasteiger partial charge in [-0.15, -0.1) is 0 Å². The third-order valence-corrected chi connectivity index (χ3v) is 13.8. The van der Waals surface area contributed by atoms with E-state index in [9.17, 15) is 20.4 Å². The molecule has 200 valence electrons. The van der Waals surface area contributed by atoms with E-state index in [4.69, 9.17) is 4.74 Å². The topological polar surface area (TPSA) is 90.2 Å². The molecule has 6 fully saturated rings. The van der Waals surface area contributed by atoms with Crippen LogP contribution in [0.15, 0.2) is 0 Å². The van der Waals surface area contributed by atoms with Crippen LogP contribution in [0.1, 0.15) is 106 Å². The van der Waals surface area contributed by atoms with Crippen molar-refractivity contribution in [3.63, 3.8) is 0 Å². The van der Waals surface area contributed by atoms with Gasteiger partial charge < -0.3 is 25.2 Å². The second-order valence-electron chi connectivity index (χ2n) is 15.9. The van der Waals surface area contributed by atoms with Crippen molar-refractivity contribution in [2.24, 2.45) is 44.8 Å². The summed E-state index contributed by atoms with van der Waals surface area (Å²) < 4.78 is 6.66. The Labute approximate surface area is 212 Å². The van der Waals surface area contributed by atoms with Gasteiger partial charge in [-0.05, 0) is 117 Å². The Balaban J connectivity index is 1.37. The van der Waals surface area contributed by atoms with Gasteiger partial charge in [-0.1, -0.05) is 27.7 Å². The minimum absolute atomic E-state index is 0.0267. The molecule has 2 spiro atoms. The van der Waals surface area contributed by atoms with Gasteiger partial charge in [0.2, 0.25) is 0 Å². The van der Waals surface area contributed by atoms with E-state index in [1.165, 1.54) is 6.42 Å². The van der Waals surface area contributed by atoms with Gasteiger partial charge in [0.15, 0.2) is 0 Å². The molecule has 0 bridgehead atoms. The molecule has 0 aromatic rings. The van der Waals surface area contributed by atoms with Crippen molar-refractivity contribution in [1.29, 1.82) is 0 Å². The molecule has 6 rings (SSSR count). The maximum Gasteiger partial charge on any atom is 0.0865 e. The smallest absolute Gasteiger partial charge is 0.0865 e. The van der Waals surface area contributed by atoms with Crippen LogP contribution in [-0.2, 0) is 4.74 Å². The van der Waals surface area contributed by atoms with Crippen molar-refractivity contribution in [2.75, 3.05) is 0 Å². The van der Waals surface area contributed by atoms with Crippen molar-refractivity contribution < 1.29 is 25.2 Å². The number of aliphatic hydroxyl groups is 4. The highest BCUT2D eigenvalue weighted by Gasteiger charge is 2.84. The molecule has 5 aliphatic carbocycles.